The highest BCUT2D eigenvalue weighted by Crippen LogP contribution is 2.68. The van der Waals surface area contributed by atoms with Gasteiger partial charge >= 0.3 is 17.9 Å². The van der Waals surface area contributed by atoms with E-state index in [-0.39, 0.29) is 102 Å². The highest BCUT2D eigenvalue weighted by atomic mass is 16.6. The first-order valence-electron chi connectivity index (χ1n) is 47.6. The van der Waals surface area contributed by atoms with E-state index in [0.717, 1.165) is 48.9 Å². The largest absolute Gasteiger partial charge is 0.481 e. The summed E-state index contributed by atoms with van der Waals surface area (Å²) in [7, 11) is 0. The van der Waals surface area contributed by atoms with Gasteiger partial charge in [0.05, 0.1) is 143 Å². The van der Waals surface area contributed by atoms with Gasteiger partial charge in [-0.25, -0.2) is 0 Å². The summed E-state index contributed by atoms with van der Waals surface area (Å²) in [4.78, 5) is 183. The molecule has 11 amide bonds. The van der Waals surface area contributed by atoms with Crippen molar-refractivity contribution in [2.24, 2.45) is 87.2 Å². The van der Waals surface area contributed by atoms with Crippen molar-refractivity contribution in [3.05, 3.63) is 35.9 Å². The van der Waals surface area contributed by atoms with Crippen LogP contribution in [0.2, 0.25) is 0 Å². The van der Waals surface area contributed by atoms with Gasteiger partial charge in [-0.15, -0.1) is 0 Å². The maximum Gasteiger partial charge on any atom is 0.308 e. The molecule has 0 heterocycles. The number of primary amides is 2. The van der Waals surface area contributed by atoms with Crippen LogP contribution in [0.15, 0.2) is 30.3 Å². The average molecular weight is 1870 g/mol. The number of aliphatic hydroxyl groups is 1. The minimum Gasteiger partial charge on any atom is -0.481 e. The molecule has 0 bridgehead atoms. The van der Waals surface area contributed by atoms with Gasteiger partial charge in [0.15, 0.2) is 0 Å². The summed E-state index contributed by atoms with van der Waals surface area (Å²) in [6.07, 6.45) is 9.22. The van der Waals surface area contributed by atoms with Crippen LogP contribution in [0, 0.1) is 70.0 Å². The molecule has 19 atom stereocenters. The molecule has 750 valence electrons. The number of amides is 11. The fourth-order valence-electron chi connectivity index (χ4n) is 19.0. The summed E-state index contributed by atoms with van der Waals surface area (Å²) in [6, 6.07) is -3.42. The van der Waals surface area contributed by atoms with Gasteiger partial charge in [-0.1, -0.05) is 126 Å². The number of carbonyl (C=O) groups is 14. The Morgan fingerprint density at radius 3 is 1.52 bits per heavy atom. The van der Waals surface area contributed by atoms with E-state index in [1.807, 2.05) is 0 Å². The average Bonchev–Trinajstić information content (AvgIpc) is 1.46. The lowest BCUT2D eigenvalue weighted by atomic mass is 9.44. The second kappa shape index (κ2) is 60.0. The van der Waals surface area contributed by atoms with E-state index in [9.17, 15) is 77.3 Å². The third kappa shape index (κ3) is 40.9. The van der Waals surface area contributed by atoms with Crippen molar-refractivity contribution in [2.45, 2.75) is 291 Å². The smallest absolute Gasteiger partial charge is 0.308 e. The normalized spacial score (nSPS) is 21.8. The van der Waals surface area contributed by atoms with Crippen LogP contribution in [0.3, 0.4) is 0 Å². The van der Waals surface area contributed by atoms with Gasteiger partial charge in [-0.3, -0.25) is 67.1 Å². The first kappa shape index (κ1) is 114. The Morgan fingerprint density at radius 1 is 0.455 bits per heavy atom. The van der Waals surface area contributed by atoms with E-state index in [2.05, 4.69) is 82.5 Å². The van der Waals surface area contributed by atoms with Crippen LogP contribution in [0.1, 0.15) is 223 Å². The number of fused-ring (bicyclic) bond motifs is 5. The van der Waals surface area contributed by atoms with Crippen molar-refractivity contribution in [3.63, 3.8) is 0 Å². The van der Waals surface area contributed by atoms with Gasteiger partial charge in [-0.2, -0.15) is 0 Å². The highest BCUT2D eigenvalue weighted by molar-refractivity contribution is 5.97. The number of aliphatic carboxylic acids is 2. The molecule has 132 heavy (non-hydrogen) atoms. The Morgan fingerprint density at radius 2 is 0.970 bits per heavy atom. The number of nitrogens with two attached hydrogens (primary N) is 3. The lowest BCUT2D eigenvalue weighted by Crippen LogP contribution is -2.59. The lowest BCUT2D eigenvalue weighted by molar-refractivity contribution is -0.164. The SMILES string of the molecule is CC(C)CCC[C@@H](C)[C@H]1CC[C@H]2[C@@H]3CC[C@H]4C[C@@H](OC(=O)C[C@H](NC(=O)CCOCCOCCOCCOCCOCCOCCOCCOCCNC(=O)[C@H](Cc5ccccc5)NC(=O)[C@H](CCC(=O)O)NC(=O)[C@H](C)NC(=O)[C@@H](NC(=O)C[C@H](O)[C@H](CC(C)C)NC(=O)[C@H](CC(N)=O)NC(=O)[C@@H](NC(=O)[C@@H](N)CCC(=O)O)C(C)C)C(C)C)C(N)=O)CC[C@]4(C)[C@H]3CC[C@]12C. The van der Waals surface area contributed by atoms with Gasteiger partial charge in [0.25, 0.3) is 0 Å². The molecule has 1 aromatic rings. The predicted octanol–water partition coefficient (Wildman–Crippen LogP) is 3.72. The first-order chi connectivity index (χ1) is 62.6. The number of carboxylic acids is 2. The van der Waals surface area contributed by atoms with Crippen LogP contribution in [-0.4, -0.2) is 277 Å². The molecule has 4 aliphatic carbocycles. The van der Waals surface area contributed by atoms with Gasteiger partial charge in [-0.05, 0) is 160 Å². The second-order valence-corrected chi connectivity index (χ2v) is 38.0. The molecule has 4 aliphatic rings. The van der Waals surface area contributed by atoms with Crippen LogP contribution in [0.4, 0.5) is 0 Å². The zero-order valence-electron chi connectivity index (χ0n) is 80.1. The van der Waals surface area contributed by atoms with Crippen LogP contribution in [0.25, 0.3) is 0 Å². The molecule has 18 N–H and O–H groups in total. The quantitative estimate of drug-likeness (QED) is 0.0326. The molecule has 0 unspecified atom stereocenters. The third-order valence-electron chi connectivity index (χ3n) is 26.2. The molecular formula is C94H158N12O26. The van der Waals surface area contributed by atoms with Crippen LogP contribution >= 0.6 is 0 Å². The van der Waals surface area contributed by atoms with E-state index in [1.165, 1.54) is 64.7 Å². The van der Waals surface area contributed by atoms with E-state index < -0.39 is 187 Å². The van der Waals surface area contributed by atoms with E-state index in [0.29, 0.717) is 82.3 Å². The van der Waals surface area contributed by atoms with E-state index >= 15 is 0 Å². The van der Waals surface area contributed by atoms with Crippen molar-refractivity contribution in [1.29, 1.82) is 0 Å². The van der Waals surface area contributed by atoms with Gasteiger partial charge in [0, 0.05) is 32.2 Å². The van der Waals surface area contributed by atoms with Crippen LogP contribution in [-0.2, 0) is 116 Å². The zero-order valence-corrected chi connectivity index (χ0v) is 80.1. The number of hydrogen-bond donors (Lipinski definition) is 15. The number of rotatable bonds is 68. The van der Waals surface area contributed by atoms with Crippen LogP contribution < -0.4 is 65.1 Å². The highest BCUT2D eigenvalue weighted by Gasteiger charge is 2.61. The molecule has 38 nitrogen and oxygen atoms in total. The van der Waals surface area contributed by atoms with Crippen molar-refractivity contribution >= 4 is 82.9 Å². The minimum atomic E-state index is -1.64. The maximum atomic E-state index is 14.0. The van der Waals surface area contributed by atoms with Crippen molar-refractivity contribution in [3.8, 4) is 0 Å². The number of hydrogen-bond acceptors (Lipinski definition) is 25. The Labute approximate surface area is 778 Å². The lowest BCUT2D eigenvalue weighted by Gasteiger charge is -2.61. The van der Waals surface area contributed by atoms with E-state index in [1.54, 1.807) is 71.9 Å². The Hall–Kier alpha value is -8.60. The van der Waals surface area contributed by atoms with E-state index in [4.69, 9.17) is 64.9 Å². The fraction of sp³-hybridized carbons (Fsp3) is 0.787. The van der Waals surface area contributed by atoms with Gasteiger partial charge < -0.3 is 123 Å². The summed E-state index contributed by atoms with van der Waals surface area (Å²) in [5, 5.41) is 53.0. The molecule has 0 saturated heterocycles. The summed E-state index contributed by atoms with van der Waals surface area (Å²) >= 11 is 0. The van der Waals surface area contributed by atoms with Crippen LogP contribution in [0.5, 0.6) is 0 Å². The summed E-state index contributed by atoms with van der Waals surface area (Å²) in [5.74, 6) is -8.53. The van der Waals surface area contributed by atoms with Crippen molar-refractivity contribution in [2.75, 3.05) is 112 Å². The summed E-state index contributed by atoms with van der Waals surface area (Å²) in [6.45, 7) is 27.8. The molecule has 5 rings (SSSR count). The molecule has 1 aromatic carbocycles. The fourth-order valence-corrected chi connectivity index (χ4v) is 19.0. The minimum absolute atomic E-state index is 0.00974. The number of esters is 1. The Kier molecular flexibility index (Phi) is 51.8. The maximum absolute atomic E-state index is 14.0. The monoisotopic (exact) mass is 1870 g/mol. The standard InChI is InChI=1S/C94H158N12O26/c1-57(2)17-16-18-61(9)67-23-24-68-66-22-21-64-53-65(29-32-93(64,11)69(66)30-33-94(67,68)12)132-82(115)55-73(85(97)116)100-78(109)31-35-124-37-39-126-41-43-128-45-47-130-49-50-131-48-46-129-44-42-127-40-38-125-36-34-98-88(119)74(52-63-19-14-13-15-20-63)103-89(120)71(26-28-81(113)114)101-86(117)62(10)99-91(122)83(59(5)6)105-79(110)56-76(107)72(51-58(3)4)102-90(121)75(54-77(96)108)104-92(123)84(60(7)8)106-87(118)70(95)25-27-80(111)112/h13-15,19-20,57-62,64-76,83-84,107H,16-18,21-56,95H2,1-12H3,(H2,96,108)(H2,97,116)(H,98,119)(H,99,122)(H,100,109)(H,101,117)(H,102,121)(H,103,120)(H,104,123)(H,105,110)(H,106,118)(H,111,112)(H,113,114)/t61-,62+,64+,65+,66+,67-,68+,69+,70+,71+,72+,73+,74+,75+,76+,83+,84+,93+,94-/m1/s1. The van der Waals surface area contributed by atoms with Crippen molar-refractivity contribution in [1.82, 2.24) is 47.9 Å². The summed E-state index contributed by atoms with van der Waals surface area (Å²) in [5.41, 5.74) is 18.3. The Balaban J connectivity index is 0.890. The zero-order chi connectivity index (χ0) is 97.6. The first-order valence-corrected chi connectivity index (χ1v) is 47.6. The topological polar surface area (TPSA) is 569 Å². The molecule has 4 saturated carbocycles. The molecule has 0 spiro atoms. The molecule has 0 aromatic heterocycles. The molecule has 4 fully saturated rings. The number of carbonyl (C=O) groups excluding carboxylic acids is 12. The summed E-state index contributed by atoms with van der Waals surface area (Å²) < 4.78 is 50.7. The molecule has 38 heteroatoms. The predicted molar refractivity (Wildman–Crippen MR) is 487 cm³/mol. The third-order valence-corrected chi connectivity index (χ3v) is 26.2. The van der Waals surface area contributed by atoms with Gasteiger partial charge in [0.1, 0.15) is 48.4 Å². The number of aliphatic hydroxyl groups excluding tert-OH is 1. The molecular weight excluding hydrogens is 1710 g/mol. The molecule has 0 radical (unpaired) electrons. The number of ether oxygens (including phenoxy) is 9. The number of nitrogens with one attached hydrogen (secondary N) is 9. The number of benzene rings is 1. The van der Waals surface area contributed by atoms with Gasteiger partial charge in [0.2, 0.25) is 65.0 Å². The molecule has 0 aliphatic heterocycles. The Bertz CT molecular complexity index is 3750. The second-order valence-electron chi connectivity index (χ2n) is 38.0. The number of carboxylic acid groups (broad SMARTS) is 2. The van der Waals surface area contributed by atoms with Crippen molar-refractivity contribution < 1.29 is 125 Å².